The molecule has 0 aromatic carbocycles. The van der Waals surface area contributed by atoms with Gasteiger partial charge in [-0.05, 0) is 48.3 Å². The van der Waals surface area contributed by atoms with Gasteiger partial charge in [-0.3, -0.25) is 19.2 Å². The highest BCUT2D eigenvalue weighted by Gasteiger charge is 2.49. The Morgan fingerprint density at radius 2 is 1.43 bits per heavy atom. The molecule has 3 fully saturated rings. The topological polar surface area (TPSA) is 177 Å². The fraction of sp³-hybridized carbons (Fsp3) is 0.765. The number of carbonyl (C=O) groups excluding carboxylic acids is 6. The van der Waals surface area contributed by atoms with Crippen molar-refractivity contribution in [2.24, 2.45) is 34.3 Å². The van der Waals surface area contributed by atoms with Crippen LogP contribution in [0, 0.1) is 28.6 Å². The van der Waals surface area contributed by atoms with E-state index >= 15 is 0 Å². The minimum Gasteiger partial charge on any atom is -0.461 e. The van der Waals surface area contributed by atoms with E-state index in [4.69, 9.17) is 10.5 Å². The van der Waals surface area contributed by atoms with Crippen molar-refractivity contribution in [3.63, 3.8) is 0 Å². The number of likely N-dealkylation sites (tertiary alicyclic amines) is 1. The molecular weight excluding hydrogens is 590 g/mol. The van der Waals surface area contributed by atoms with Crippen LogP contribution in [0.15, 0.2) is 12.2 Å². The van der Waals surface area contributed by atoms with Gasteiger partial charge in [-0.1, -0.05) is 86.8 Å². The second-order valence-electron chi connectivity index (χ2n) is 15.9. The van der Waals surface area contributed by atoms with Gasteiger partial charge in [-0.2, -0.15) is 0 Å². The van der Waals surface area contributed by atoms with Gasteiger partial charge < -0.3 is 31.3 Å². The molecule has 0 aromatic heterocycles. The smallest absolute Gasteiger partial charge is 0.329 e. The van der Waals surface area contributed by atoms with Gasteiger partial charge in [0.15, 0.2) is 0 Å². The van der Waals surface area contributed by atoms with Gasteiger partial charge in [0.25, 0.3) is 5.91 Å². The highest BCUT2D eigenvalue weighted by molar-refractivity contribution is 6.37. The van der Waals surface area contributed by atoms with Crippen LogP contribution in [0.2, 0.25) is 0 Å². The summed E-state index contributed by atoms with van der Waals surface area (Å²) in [7, 11) is 0. The molecule has 1 aliphatic heterocycles. The van der Waals surface area contributed by atoms with Crippen LogP contribution in [-0.2, 0) is 28.7 Å². The van der Waals surface area contributed by atoms with E-state index in [9.17, 15) is 28.8 Å². The number of urea groups is 1. The summed E-state index contributed by atoms with van der Waals surface area (Å²) in [4.78, 5) is 80.8. The molecule has 12 nitrogen and oxygen atoms in total. The zero-order valence-electron chi connectivity index (χ0n) is 28.9. The number of carbonyl (C=O) groups is 6. The molecule has 258 valence electrons. The maximum absolute atomic E-state index is 14.4. The minimum atomic E-state index is -1.12. The van der Waals surface area contributed by atoms with Gasteiger partial charge in [-0.15, -0.1) is 0 Å². The SMILES string of the molecule is C=C1CN(C(=O)[C@@H](NC(=O)NC(C(=O)OC2CCC2)C(C)(C)C)C(C)(C)C)[C@H](C(=O)NC(CC2CCC2)C(=O)C(N)=O)[C@H]1C(C)C. The molecule has 0 spiro atoms. The van der Waals surface area contributed by atoms with E-state index in [1.807, 2.05) is 34.6 Å². The lowest BCUT2D eigenvalue weighted by atomic mass is 9.79. The lowest BCUT2D eigenvalue weighted by Gasteiger charge is -2.38. The maximum Gasteiger partial charge on any atom is 0.329 e. The Kier molecular flexibility index (Phi) is 11.7. The number of Topliss-reactive ketones (excluding diaryl/α,β-unsaturated/α-hetero) is 1. The van der Waals surface area contributed by atoms with E-state index in [1.165, 1.54) is 4.90 Å². The van der Waals surface area contributed by atoms with E-state index in [1.54, 1.807) is 20.8 Å². The van der Waals surface area contributed by atoms with Gasteiger partial charge in [0.05, 0.1) is 6.04 Å². The molecule has 1 heterocycles. The van der Waals surface area contributed by atoms with Crippen molar-refractivity contribution in [3.05, 3.63) is 12.2 Å². The molecule has 12 heteroatoms. The molecule has 0 aromatic rings. The van der Waals surface area contributed by atoms with Crippen LogP contribution in [0.25, 0.3) is 0 Å². The van der Waals surface area contributed by atoms with Crippen molar-refractivity contribution in [1.29, 1.82) is 0 Å². The lowest BCUT2D eigenvalue weighted by Crippen LogP contribution is -2.62. The average molecular weight is 646 g/mol. The fourth-order valence-electron chi connectivity index (χ4n) is 6.39. The number of esters is 1. The van der Waals surface area contributed by atoms with Crippen molar-refractivity contribution >= 4 is 35.5 Å². The zero-order valence-corrected chi connectivity index (χ0v) is 28.9. The Balaban J connectivity index is 1.86. The summed E-state index contributed by atoms with van der Waals surface area (Å²) in [5, 5.41) is 8.27. The van der Waals surface area contributed by atoms with Crippen LogP contribution >= 0.6 is 0 Å². The highest BCUT2D eigenvalue weighted by Crippen LogP contribution is 2.37. The number of rotatable bonds is 12. The predicted molar refractivity (Wildman–Crippen MR) is 173 cm³/mol. The van der Waals surface area contributed by atoms with Crippen molar-refractivity contribution < 1.29 is 33.5 Å². The predicted octanol–water partition coefficient (Wildman–Crippen LogP) is 2.98. The molecule has 2 aliphatic carbocycles. The first-order chi connectivity index (χ1) is 21.2. The monoisotopic (exact) mass is 645 g/mol. The zero-order chi connectivity index (χ0) is 34.7. The van der Waals surface area contributed by atoms with Crippen molar-refractivity contribution in [2.45, 2.75) is 131 Å². The number of hydrogen-bond acceptors (Lipinski definition) is 7. The van der Waals surface area contributed by atoms with E-state index in [0.717, 1.165) is 38.5 Å². The number of ketones is 1. The molecule has 0 radical (unpaired) electrons. The number of hydrogen-bond donors (Lipinski definition) is 4. The third kappa shape index (κ3) is 8.88. The second kappa shape index (κ2) is 14.5. The first-order valence-electron chi connectivity index (χ1n) is 16.6. The summed E-state index contributed by atoms with van der Waals surface area (Å²) < 4.78 is 5.60. The Morgan fingerprint density at radius 1 is 0.891 bits per heavy atom. The van der Waals surface area contributed by atoms with Crippen LogP contribution in [0.4, 0.5) is 4.79 Å². The normalized spacial score (nSPS) is 22.6. The second-order valence-corrected chi connectivity index (χ2v) is 15.9. The number of ether oxygens (including phenoxy) is 1. The van der Waals surface area contributed by atoms with Crippen molar-refractivity contribution in [2.75, 3.05) is 6.54 Å². The van der Waals surface area contributed by atoms with E-state index < -0.39 is 76.4 Å². The summed E-state index contributed by atoms with van der Waals surface area (Å²) in [6, 6.07) is -4.90. The van der Waals surface area contributed by atoms with E-state index in [0.29, 0.717) is 12.0 Å². The molecule has 5 atom stereocenters. The number of nitrogens with two attached hydrogens (primary N) is 1. The highest BCUT2D eigenvalue weighted by atomic mass is 16.5. The van der Waals surface area contributed by atoms with Gasteiger partial charge in [0.1, 0.15) is 24.2 Å². The number of nitrogens with one attached hydrogen (secondary N) is 3. The molecule has 2 saturated carbocycles. The number of amides is 5. The summed E-state index contributed by atoms with van der Waals surface area (Å²) in [5.41, 5.74) is 4.53. The van der Waals surface area contributed by atoms with E-state index in [2.05, 4.69) is 22.5 Å². The fourth-order valence-corrected chi connectivity index (χ4v) is 6.39. The summed E-state index contributed by atoms with van der Waals surface area (Å²) in [6.07, 6.45) is 5.53. The lowest BCUT2D eigenvalue weighted by molar-refractivity contribution is -0.158. The van der Waals surface area contributed by atoms with Crippen LogP contribution in [0.1, 0.15) is 100 Å². The van der Waals surface area contributed by atoms with Crippen LogP contribution < -0.4 is 21.7 Å². The molecule has 1 saturated heterocycles. The van der Waals surface area contributed by atoms with Crippen LogP contribution in [-0.4, -0.2) is 77.2 Å². The largest absolute Gasteiger partial charge is 0.461 e. The molecule has 46 heavy (non-hydrogen) atoms. The molecule has 3 rings (SSSR count). The Hall–Kier alpha value is -3.44. The van der Waals surface area contributed by atoms with Gasteiger partial charge in [-0.25, -0.2) is 9.59 Å². The summed E-state index contributed by atoms with van der Waals surface area (Å²) in [5.74, 6) is -3.92. The number of nitrogens with zero attached hydrogens (tertiary/aromatic N) is 1. The molecule has 5 amide bonds. The van der Waals surface area contributed by atoms with Crippen molar-refractivity contribution in [1.82, 2.24) is 20.9 Å². The van der Waals surface area contributed by atoms with Gasteiger partial charge >= 0.3 is 12.0 Å². The molecular formula is C34H55N5O7. The Morgan fingerprint density at radius 3 is 1.87 bits per heavy atom. The first-order valence-corrected chi connectivity index (χ1v) is 16.6. The summed E-state index contributed by atoms with van der Waals surface area (Å²) in [6.45, 7) is 18.9. The minimum absolute atomic E-state index is 0.0744. The average Bonchev–Trinajstić information content (AvgIpc) is 3.24. The van der Waals surface area contributed by atoms with Gasteiger partial charge in [0, 0.05) is 12.5 Å². The third-order valence-corrected chi connectivity index (χ3v) is 9.56. The van der Waals surface area contributed by atoms with Crippen LogP contribution in [0.3, 0.4) is 0 Å². The first kappa shape index (κ1) is 37.0. The molecule has 5 N–H and O–H groups in total. The standard InChI is InChI=1S/C34H55N5O7/c1-18(2)23-19(3)17-39(24(23)29(42)36-22(25(40)28(35)41)16-20-12-10-13-20)30(43)26(33(4,5)6)37-32(45)38-27(34(7,8)9)31(44)46-21-14-11-15-21/h18,20-24,26-27H,3,10-17H2,1-2,4-9H3,(H2,35,41)(H,36,42)(H2,37,38,45)/t22?,23-,24-,26+,27?/m0/s1. The molecule has 0 bridgehead atoms. The van der Waals surface area contributed by atoms with Crippen molar-refractivity contribution in [3.8, 4) is 0 Å². The molecule has 3 aliphatic rings. The van der Waals surface area contributed by atoms with Gasteiger partial charge in [0.2, 0.25) is 17.6 Å². The van der Waals surface area contributed by atoms with E-state index in [-0.39, 0.29) is 24.5 Å². The molecule has 2 unspecified atom stereocenters. The Labute approximate surface area is 273 Å². The Bertz CT molecular complexity index is 1210. The quantitative estimate of drug-likeness (QED) is 0.143. The number of primary amides is 1. The summed E-state index contributed by atoms with van der Waals surface area (Å²) >= 11 is 0. The van der Waals surface area contributed by atoms with Crippen LogP contribution in [0.5, 0.6) is 0 Å². The maximum atomic E-state index is 14.4. The third-order valence-electron chi connectivity index (χ3n) is 9.56.